The largest absolute Gasteiger partial charge is 0.348 e. The number of halogens is 1. The molecule has 2 rings (SSSR count). The zero-order chi connectivity index (χ0) is 14.0. The van der Waals surface area contributed by atoms with Crippen molar-refractivity contribution < 1.29 is 9.18 Å². The first-order chi connectivity index (χ1) is 9.10. The normalized spacial score (nSPS) is 10.6. The molecule has 0 spiro atoms. The van der Waals surface area contributed by atoms with Crippen LogP contribution in [0.1, 0.15) is 28.8 Å². The number of carbonyl (C=O) groups is 1. The van der Waals surface area contributed by atoms with Gasteiger partial charge in [0.15, 0.2) is 11.6 Å². The molecule has 0 aliphatic carbocycles. The van der Waals surface area contributed by atoms with Gasteiger partial charge < -0.3 is 4.57 Å². The van der Waals surface area contributed by atoms with Crippen LogP contribution in [0.15, 0.2) is 37.6 Å². The average molecular weight is 257 g/mol. The van der Waals surface area contributed by atoms with E-state index in [0.29, 0.717) is 23.9 Å². The van der Waals surface area contributed by atoms with Crippen molar-refractivity contribution in [2.24, 2.45) is 7.05 Å². The van der Waals surface area contributed by atoms with E-state index in [1.165, 1.54) is 6.08 Å². The predicted octanol–water partition coefficient (Wildman–Crippen LogP) is 4.11. The van der Waals surface area contributed by atoms with E-state index in [1.54, 1.807) is 36.0 Å². The third kappa shape index (κ3) is 2.24. The number of aryl methyl sites for hydroxylation is 1. The predicted molar refractivity (Wildman–Crippen MR) is 76.7 cm³/mol. The van der Waals surface area contributed by atoms with Crippen LogP contribution in [0, 0.1) is 5.82 Å². The van der Waals surface area contributed by atoms with Crippen LogP contribution in [0.25, 0.3) is 17.0 Å². The van der Waals surface area contributed by atoms with Crippen LogP contribution in [-0.4, -0.2) is 10.4 Å². The van der Waals surface area contributed by atoms with Gasteiger partial charge in [0.1, 0.15) is 0 Å². The van der Waals surface area contributed by atoms with E-state index < -0.39 is 0 Å². The summed E-state index contributed by atoms with van der Waals surface area (Å²) in [6, 6.07) is 3.54. The van der Waals surface area contributed by atoms with Crippen molar-refractivity contribution in [2.75, 3.05) is 0 Å². The molecule has 2 aromatic rings. The minimum Gasteiger partial charge on any atom is -0.348 e. The topological polar surface area (TPSA) is 22.0 Å². The third-order valence-corrected chi connectivity index (χ3v) is 3.22. The highest BCUT2D eigenvalue weighted by Crippen LogP contribution is 2.27. The Hall–Kier alpha value is -2.16. The molecule has 1 heterocycles. The molecule has 0 N–H and O–H groups in total. The van der Waals surface area contributed by atoms with E-state index in [9.17, 15) is 9.18 Å². The molecule has 1 aromatic carbocycles. The molecule has 0 radical (unpaired) electrons. The number of hydrogen-bond acceptors (Lipinski definition) is 1. The van der Waals surface area contributed by atoms with Crippen molar-refractivity contribution in [3.05, 3.63) is 54.5 Å². The lowest BCUT2D eigenvalue weighted by Crippen LogP contribution is -2.04. The lowest BCUT2D eigenvalue weighted by molar-refractivity contribution is 0.0983. The second kappa shape index (κ2) is 5.22. The molecule has 19 heavy (non-hydrogen) atoms. The SMILES string of the molecule is C=CCCC(=O)c1cc2ccn(C)c2c(F)c1C=C. The van der Waals surface area contributed by atoms with Crippen LogP contribution < -0.4 is 0 Å². The molecule has 98 valence electrons. The summed E-state index contributed by atoms with van der Waals surface area (Å²) in [4.78, 5) is 12.1. The Morgan fingerprint density at radius 3 is 2.84 bits per heavy atom. The van der Waals surface area contributed by atoms with Crippen LogP contribution in [0.4, 0.5) is 4.39 Å². The minimum absolute atomic E-state index is 0.0838. The van der Waals surface area contributed by atoms with Crippen molar-refractivity contribution in [2.45, 2.75) is 12.8 Å². The molecule has 0 unspecified atom stereocenters. The highest BCUT2D eigenvalue weighted by molar-refractivity contribution is 6.03. The quantitative estimate of drug-likeness (QED) is 0.583. The van der Waals surface area contributed by atoms with Gasteiger partial charge in [-0.25, -0.2) is 4.39 Å². The molecule has 0 saturated heterocycles. The van der Waals surface area contributed by atoms with Gasteiger partial charge in [0.2, 0.25) is 0 Å². The molecule has 0 aliphatic rings. The van der Waals surface area contributed by atoms with E-state index in [4.69, 9.17) is 0 Å². The number of Topliss-reactive ketones (excluding diaryl/α,β-unsaturated/α-hetero) is 1. The number of benzene rings is 1. The number of aromatic nitrogens is 1. The van der Waals surface area contributed by atoms with Gasteiger partial charge in [0.05, 0.1) is 5.52 Å². The number of fused-ring (bicyclic) bond motifs is 1. The zero-order valence-corrected chi connectivity index (χ0v) is 10.9. The first kappa shape index (κ1) is 13.3. The molecule has 0 aliphatic heterocycles. The van der Waals surface area contributed by atoms with E-state index in [0.717, 1.165) is 5.39 Å². The van der Waals surface area contributed by atoms with E-state index in [2.05, 4.69) is 13.2 Å². The number of carbonyl (C=O) groups excluding carboxylic acids is 1. The van der Waals surface area contributed by atoms with Crippen LogP contribution in [0.3, 0.4) is 0 Å². The van der Waals surface area contributed by atoms with Crippen molar-refractivity contribution in [1.29, 1.82) is 0 Å². The Labute approximate surface area is 111 Å². The molecule has 0 fully saturated rings. The fraction of sp³-hybridized carbons (Fsp3) is 0.188. The molecular weight excluding hydrogens is 241 g/mol. The van der Waals surface area contributed by atoms with Gasteiger partial charge in [-0.3, -0.25) is 4.79 Å². The first-order valence-corrected chi connectivity index (χ1v) is 6.14. The first-order valence-electron chi connectivity index (χ1n) is 6.14. The molecule has 0 amide bonds. The van der Waals surface area contributed by atoms with Gasteiger partial charge >= 0.3 is 0 Å². The number of rotatable bonds is 5. The van der Waals surface area contributed by atoms with Crippen LogP contribution in [0.2, 0.25) is 0 Å². The number of allylic oxidation sites excluding steroid dienone is 1. The summed E-state index contributed by atoms with van der Waals surface area (Å²) in [6.07, 6.45) is 5.79. The van der Waals surface area contributed by atoms with Gasteiger partial charge in [0.25, 0.3) is 0 Å². The fourth-order valence-corrected chi connectivity index (χ4v) is 2.22. The lowest BCUT2D eigenvalue weighted by Gasteiger charge is -2.08. The zero-order valence-electron chi connectivity index (χ0n) is 10.9. The van der Waals surface area contributed by atoms with Crippen molar-refractivity contribution in [3.63, 3.8) is 0 Å². The monoisotopic (exact) mass is 257 g/mol. The number of nitrogens with zero attached hydrogens (tertiary/aromatic N) is 1. The molecular formula is C16H16FNO. The maximum absolute atomic E-state index is 14.4. The summed E-state index contributed by atoms with van der Waals surface area (Å²) in [6.45, 7) is 7.20. The van der Waals surface area contributed by atoms with Gasteiger partial charge in [0, 0.05) is 36.2 Å². The van der Waals surface area contributed by atoms with Crippen molar-refractivity contribution in [1.82, 2.24) is 4.57 Å². The standard InChI is InChI=1S/C16H16FNO/c1-4-6-7-14(19)13-10-11-8-9-18(3)16(11)15(17)12(13)5-2/h4-5,8-10H,1-2,6-7H2,3H3. The second-order valence-corrected chi connectivity index (χ2v) is 4.47. The summed E-state index contributed by atoms with van der Waals surface area (Å²) in [5.41, 5.74) is 1.17. The maximum atomic E-state index is 14.4. The van der Waals surface area contributed by atoms with Gasteiger partial charge in [-0.2, -0.15) is 0 Å². The second-order valence-electron chi connectivity index (χ2n) is 4.47. The highest BCUT2D eigenvalue weighted by atomic mass is 19.1. The van der Waals surface area contributed by atoms with Crippen molar-refractivity contribution >= 4 is 22.8 Å². The summed E-state index contributed by atoms with van der Waals surface area (Å²) in [7, 11) is 1.78. The van der Waals surface area contributed by atoms with Gasteiger partial charge in [-0.15, -0.1) is 6.58 Å². The Kier molecular flexibility index (Phi) is 3.65. The number of ketones is 1. The molecule has 0 bridgehead atoms. The number of hydrogen-bond donors (Lipinski definition) is 0. The molecule has 1 aromatic heterocycles. The van der Waals surface area contributed by atoms with Crippen molar-refractivity contribution in [3.8, 4) is 0 Å². The summed E-state index contributed by atoms with van der Waals surface area (Å²) < 4.78 is 16.1. The Morgan fingerprint density at radius 1 is 1.47 bits per heavy atom. The van der Waals surface area contributed by atoms with Crippen LogP contribution >= 0.6 is 0 Å². The van der Waals surface area contributed by atoms with E-state index >= 15 is 0 Å². The van der Waals surface area contributed by atoms with Gasteiger partial charge in [-0.1, -0.05) is 18.7 Å². The summed E-state index contributed by atoms with van der Waals surface area (Å²) >= 11 is 0. The molecule has 2 nitrogen and oxygen atoms in total. The van der Waals surface area contributed by atoms with E-state index in [1.807, 2.05) is 0 Å². The summed E-state index contributed by atoms with van der Waals surface area (Å²) in [5.74, 6) is -0.471. The Balaban J connectivity index is 2.63. The average Bonchev–Trinajstić information content (AvgIpc) is 2.77. The fourth-order valence-electron chi connectivity index (χ4n) is 2.22. The van der Waals surface area contributed by atoms with Crippen LogP contribution in [0.5, 0.6) is 0 Å². The third-order valence-electron chi connectivity index (χ3n) is 3.22. The van der Waals surface area contributed by atoms with Gasteiger partial charge in [-0.05, 0) is 18.6 Å². The molecule has 0 saturated carbocycles. The lowest BCUT2D eigenvalue weighted by atomic mass is 9.98. The Bertz CT molecular complexity index is 667. The minimum atomic E-state index is -0.387. The highest BCUT2D eigenvalue weighted by Gasteiger charge is 2.17. The molecule has 3 heteroatoms. The maximum Gasteiger partial charge on any atom is 0.163 e. The molecule has 0 atom stereocenters. The smallest absolute Gasteiger partial charge is 0.163 e. The van der Waals surface area contributed by atoms with Crippen LogP contribution in [-0.2, 0) is 7.05 Å². The summed E-state index contributed by atoms with van der Waals surface area (Å²) in [5, 5.41) is 0.729. The Morgan fingerprint density at radius 2 is 2.21 bits per heavy atom. The van der Waals surface area contributed by atoms with E-state index in [-0.39, 0.29) is 17.2 Å².